The van der Waals surface area contributed by atoms with Crippen LogP contribution < -0.4 is 4.74 Å². The molecule has 178 valence electrons. The Morgan fingerprint density at radius 2 is 1.58 bits per heavy atom. The molecule has 4 heteroatoms. The molecule has 5 rings (SSSR count). The second-order valence-corrected chi connectivity index (χ2v) is 10.5. The second-order valence-electron chi connectivity index (χ2n) is 10.5. The lowest BCUT2D eigenvalue weighted by atomic mass is 9.73. The van der Waals surface area contributed by atoms with Gasteiger partial charge in [-0.15, -0.1) is 0 Å². The molecule has 3 fully saturated rings. The summed E-state index contributed by atoms with van der Waals surface area (Å²) < 4.78 is 11.5. The van der Waals surface area contributed by atoms with Gasteiger partial charge in [-0.05, 0) is 79.0 Å². The summed E-state index contributed by atoms with van der Waals surface area (Å²) in [5.41, 5.74) is 1.29. The summed E-state index contributed by atoms with van der Waals surface area (Å²) in [6.07, 6.45) is 12.8. The van der Waals surface area contributed by atoms with Crippen LogP contribution in [0, 0.1) is 17.8 Å². The van der Waals surface area contributed by atoms with Crippen molar-refractivity contribution in [3.8, 4) is 5.75 Å². The summed E-state index contributed by atoms with van der Waals surface area (Å²) in [4.78, 5) is 14.1. The standard InChI is InChI=1S/C29H39NO3/c1-2-32-29(31)26-19-30(20-26)18-21-8-9-25-17-28(15-12-24(25)16-21)33-27-13-10-23(11-14-27)22-6-4-3-5-7-22/h8-9,12,15-17,22-23,26-27H,2-7,10-11,13-14,18-20H2,1H3. The molecular weight excluding hydrogens is 410 g/mol. The van der Waals surface area contributed by atoms with Crippen molar-refractivity contribution in [3.05, 3.63) is 42.0 Å². The molecule has 2 saturated carbocycles. The zero-order chi connectivity index (χ0) is 22.6. The van der Waals surface area contributed by atoms with Gasteiger partial charge in [0.2, 0.25) is 0 Å². The third-order valence-corrected chi connectivity index (χ3v) is 8.20. The highest BCUT2D eigenvalue weighted by Gasteiger charge is 2.33. The van der Waals surface area contributed by atoms with Crippen LogP contribution in [0.15, 0.2) is 36.4 Å². The van der Waals surface area contributed by atoms with E-state index in [1.165, 1.54) is 74.1 Å². The number of nitrogens with zero attached hydrogens (tertiary/aromatic N) is 1. The van der Waals surface area contributed by atoms with Crippen LogP contribution in [-0.4, -0.2) is 36.7 Å². The SMILES string of the molecule is CCOC(=O)C1CN(Cc2ccc3cc(OC4CCC(C5CCCCC5)CC4)ccc3c2)C1. The van der Waals surface area contributed by atoms with Crippen LogP contribution in [-0.2, 0) is 16.1 Å². The number of fused-ring (bicyclic) bond motifs is 1. The van der Waals surface area contributed by atoms with Crippen LogP contribution in [0.4, 0.5) is 0 Å². The van der Waals surface area contributed by atoms with Gasteiger partial charge in [-0.25, -0.2) is 0 Å². The number of ether oxygens (including phenoxy) is 2. The summed E-state index contributed by atoms with van der Waals surface area (Å²) >= 11 is 0. The van der Waals surface area contributed by atoms with Gasteiger partial charge in [-0.3, -0.25) is 9.69 Å². The summed E-state index contributed by atoms with van der Waals surface area (Å²) in [5.74, 6) is 2.93. The lowest BCUT2D eigenvalue weighted by molar-refractivity contribution is -0.154. The van der Waals surface area contributed by atoms with E-state index >= 15 is 0 Å². The summed E-state index contributed by atoms with van der Waals surface area (Å²) in [7, 11) is 0. The Hall–Kier alpha value is -2.07. The van der Waals surface area contributed by atoms with Crippen molar-refractivity contribution in [1.82, 2.24) is 4.90 Å². The van der Waals surface area contributed by atoms with Crippen LogP contribution in [0.5, 0.6) is 5.75 Å². The summed E-state index contributed by atoms with van der Waals surface area (Å²) in [5, 5.41) is 2.49. The smallest absolute Gasteiger partial charge is 0.311 e. The highest BCUT2D eigenvalue weighted by atomic mass is 16.5. The number of rotatable bonds is 7. The van der Waals surface area contributed by atoms with Crippen molar-refractivity contribution in [2.45, 2.75) is 77.4 Å². The molecule has 4 nitrogen and oxygen atoms in total. The first-order chi connectivity index (χ1) is 16.2. The van der Waals surface area contributed by atoms with E-state index in [1.54, 1.807) is 0 Å². The van der Waals surface area contributed by atoms with E-state index in [1.807, 2.05) is 6.92 Å². The average molecular weight is 450 g/mol. The fourth-order valence-electron chi connectivity index (χ4n) is 6.29. The Morgan fingerprint density at radius 1 is 0.879 bits per heavy atom. The van der Waals surface area contributed by atoms with Crippen molar-refractivity contribution in [2.24, 2.45) is 17.8 Å². The molecule has 0 spiro atoms. The molecular formula is C29H39NO3. The number of hydrogen-bond acceptors (Lipinski definition) is 4. The molecule has 0 unspecified atom stereocenters. The largest absolute Gasteiger partial charge is 0.490 e. The van der Waals surface area contributed by atoms with E-state index in [4.69, 9.17) is 9.47 Å². The maximum absolute atomic E-state index is 11.8. The van der Waals surface area contributed by atoms with Crippen LogP contribution in [0.25, 0.3) is 10.8 Å². The molecule has 2 aliphatic carbocycles. The van der Waals surface area contributed by atoms with E-state index in [2.05, 4.69) is 41.3 Å². The third kappa shape index (κ3) is 5.54. The zero-order valence-corrected chi connectivity index (χ0v) is 20.1. The minimum absolute atomic E-state index is 0.0443. The number of carbonyl (C=O) groups is 1. The highest BCUT2D eigenvalue weighted by Crippen LogP contribution is 2.39. The summed E-state index contributed by atoms with van der Waals surface area (Å²) in [6, 6.07) is 13.2. The minimum atomic E-state index is -0.0535. The number of likely N-dealkylation sites (tertiary alicyclic amines) is 1. The molecule has 1 aliphatic heterocycles. The average Bonchev–Trinajstić information content (AvgIpc) is 2.82. The van der Waals surface area contributed by atoms with Crippen molar-refractivity contribution >= 4 is 16.7 Å². The Morgan fingerprint density at radius 3 is 2.33 bits per heavy atom. The minimum Gasteiger partial charge on any atom is -0.490 e. The number of benzene rings is 2. The maximum atomic E-state index is 11.8. The Kier molecular flexibility index (Phi) is 7.20. The van der Waals surface area contributed by atoms with E-state index in [0.29, 0.717) is 12.7 Å². The van der Waals surface area contributed by atoms with Gasteiger partial charge in [0.15, 0.2) is 0 Å². The molecule has 0 N–H and O–H groups in total. The first-order valence-electron chi connectivity index (χ1n) is 13.3. The quantitative estimate of drug-likeness (QED) is 0.462. The van der Waals surface area contributed by atoms with Crippen LogP contribution in [0.3, 0.4) is 0 Å². The number of esters is 1. The highest BCUT2D eigenvalue weighted by molar-refractivity contribution is 5.84. The van der Waals surface area contributed by atoms with E-state index in [9.17, 15) is 4.79 Å². The molecule has 0 atom stereocenters. The van der Waals surface area contributed by atoms with E-state index in [0.717, 1.165) is 37.2 Å². The topological polar surface area (TPSA) is 38.8 Å². The normalized spacial score (nSPS) is 25.0. The third-order valence-electron chi connectivity index (χ3n) is 8.20. The van der Waals surface area contributed by atoms with Crippen LogP contribution in [0.1, 0.15) is 70.3 Å². The van der Waals surface area contributed by atoms with Crippen molar-refractivity contribution in [2.75, 3.05) is 19.7 Å². The van der Waals surface area contributed by atoms with Gasteiger partial charge in [0.05, 0.1) is 18.6 Å². The predicted molar refractivity (Wildman–Crippen MR) is 132 cm³/mol. The Labute approximate surface area is 198 Å². The van der Waals surface area contributed by atoms with Crippen molar-refractivity contribution in [1.29, 1.82) is 0 Å². The van der Waals surface area contributed by atoms with Crippen LogP contribution >= 0.6 is 0 Å². The van der Waals surface area contributed by atoms with Gasteiger partial charge in [-0.2, -0.15) is 0 Å². The lowest BCUT2D eigenvalue weighted by Crippen LogP contribution is -2.50. The molecule has 0 amide bonds. The molecule has 33 heavy (non-hydrogen) atoms. The van der Waals surface area contributed by atoms with E-state index in [-0.39, 0.29) is 11.9 Å². The van der Waals surface area contributed by atoms with Gasteiger partial charge >= 0.3 is 5.97 Å². The lowest BCUT2D eigenvalue weighted by Gasteiger charge is -2.37. The number of carbonyl (C=O) groups excluding carboxylic acids is 1. The van der Waals surface area contributed by atoms with Gasteiger partial charge < -0.3 is 9.47 Å². The van der Waals surface area contributed by atoms with Gasteiger partial charge in [-0.1, -0.05) is 50.3 Å². The molecule has 2 aromatic carbocycles. The fraction of sp³-hybridized carbons (Fsp3) is 0.621. The maximum Gasteiger partial charge on any atom is 0.311 e. The molecule has 0 aromatic heterocycles. The zero-order valence-electron chi connectivity index (χ0n) is 20.1. The van der Waals surface area contributed by atoms with Gasteiger partial charge in [0, 0.05) is 19.6 Å². The Balaban J connectivity index is 1.12. The van der Waals surface area contributed by atoms with Crippen LogP contribution in [0.2, 0.25) is 0 Å². The molecule has 3 aliphatic rings. The van der Waals surface area contributed by atoms with Crippen molar-refractivity contribution in [3.63, 3.8) is 0 Å². The first kappa shape index (κ1) is 22.7. The Bertz CT molecular complexity index is 937. The molecule has 1 saturated heterocycles. The summed E-state index contributed by atoms with van der Waals surface area (Å²) in [6.45, 7) is 4.81. The van der Waals surface area contributed by atoms with Crippen molar-refractivity contribution < 1.29 is 14.3 Å². The fourth-order valence-corrected chi connectivity index (χ4v) is 6.29. The first-order valence-corrected chi connectivity index (χ1v) is 13.3. The van der Waals surface area contributed by atoms with Gasteiger partial charge in [0.1, 0.15) is 5.75 Å². The molecule has 2 aromatic rings. The van der Waals surface area contributed by atoms with Gasteiger partial charge in [0.25, 0.3) is 0 Å². The number of hydrogen-bond donors (Lipinski definition) is 0. The second kappa shape index (κ2) is 10.5. The molecule has 1 heterocycles. The molecule has 0 bridgehead atoms. The molecule has 0 radical (unpaired) electrons. The van der Waals surface area contributed by atoms with E-state index < -0.39 is 0 Å². The predicted octanol–water partition coefficient (Wildman–Crippen LogP) is 6.35. The monoisotopic (exact) mass is 449 g/mol.